The van der Waals surface area contributed by atoms with Gasteiger partial charge in [-0.3, -0.25) is 4.79 Å². The summed E-state index contributed by atoms with van der Waals surface area (Å²) in [7, 11) is 1.56. The number of halogens is 5. The minimum atomic E-state index is -4.73. The monoisotopic (exact) mass is 615 g/mol. The van der Waals surface area contributed by atoms with Crippen LogP contribution < -0.4 is 9.64 Å². The summed E-state index contributed by atoms with van der Waals surface area (Å²) in [6, 6.07) is 14.8. The number of carbonyl (C=O) groups excluding carboxylic acids is 1. The van der Waals surface area contributed by atoms with Crippen molar-refractivity contribution in [3.05, 3.63) is 92.8 Å². The number of benzene rings is 2. The Morgan fingerprint density at radius 3 is 2.33 bits per heavy atom. The summed E-state index contributed by atoms with van der Waals surface area (Å²) in [5.74, 6) is 0.790. The molecule has 0 N–H and O–H groups in total. The molecule has 6 rings (SSSR count). The van der Waals surface area contributed by atoms with Crippen molar-refractivity contribution in [3.63, 3.8) is 0 Å². The Kier molecular flexibility index (Phi) is 7.66. The van der Waals surface area contributed by atoms with Gasteiger partial charge in [0.25, 0.3) is 0 Å². The van der Waals surface area contributed by atoms with Crippen LogP contribution in [0.4, 0.5) is 18.9 Å². The van der Waals surface area contributed by atoms with Crippen LogP contribution >= 0.6 is 23.2 Å². The molecule has 6 nitrogen and oxygen atoms in total. The van der Waals surface area contributed by atoms with Gasteiger partial charge in [-0.1, -0.05) is 58.7 Å². The fraction of sp³-hybridized carbons (Fsp3) is 0.323. The highest BCUT2D eigenvalue weighted by Crippen LogP contribution is 2.46. The van der Waals surface area contributed by atoms with Gasteiger partial charge in [0.1, 0.15) is 18.1 Å². The standard InChI is InChI=1S/C31H26Cl2F3N3O3/c1-39(15-17-5-7-18(8-6-17)28(40)19-9-10-19)24-13-14-25(37-30(24)31(34,35)36)41-16-21-27(38-42-29(21)20-11-12-20)26-22(32)3-2-4-23(26)33/h2-8,13-14,19-20H,9-12,15-16H2,1H3. The van der Waals surface area contributed by atoms with E-state index >= 15 is 0 Å². The fourth-order valence-corrected chi connectivity index (χ4v) is 5.52. The highest BCUT2D eigenvalue weighted by atomic mass is 35.5. The van der Waals surface area contributed by atoms with Gasteiger partial charge in [-0.2, -0.15) is 13.2 Å². The molecule has 2 fully saturated rings. The van der Waals surface area contributed by atoms with Crippen molar-refractivity contribution in [1.82, 2.24) is 10.1 Å². The van der Waals surface area contributed by atoms with Gasteiger partial charge in [-0.05, 0) is 49.4 Å². The van der Waals surface area contributed by atoms with Crippen LogP contribution in [0.2, 0.25) is 10.0 Å². The summed E-state index contributed by atoms with van der Waals surface area (Å²) >= 11 is 12.8. The Hall–Kier alpha value is -3.56. The number of carbonyl (C=O) groups is 1. The van der Waals surface area contributed by atoms with Crippen LogP contribution in [0.15, 0.2) is 59.1 Å². The zero-order valence-electron chi connectivity index (χ0n) is 22.5. The van der Waals surface area contributed by atoms with Crippen molar-refractivity contribution in [2.45, 2.75) is 50.9 Å². The average molecular weight is 616 g/mol. The molecule has 218 valence electrons. The molecule has 0 unspecified atom stereocenters. The summed E-state index contributed by atoms with van der Waals surface area (Å²) in [4.78, 5) is 17.6. The normalized spacial score (nSPS) is 15.1. The molecular weight excluding hydrogens is 590 g/mol. The second-order valence-corrected chi connectivity index (χ2v) is 11.6. The lowest BCUT2D eigenvalue weighted by Gasteiger charge is -2.23. The average Bonchev–Trinajstić information content (AvgIpc) is 3.89. The first-order valence-electron chi connectivity index (χ1n) is 13.6. The molecule has 0 amide bonds. The maximum Gasteiger partial charge on any atom is 0.435 e. The summed E-state index contributed by atoms with van der Waals surface area (Å²) in [5, 5.41) is 4.93. The number of anilines is 1. The Bertz CT molecular complexity index is 1610. The van der Waals surface area contributed by atoms with Crippen molar-refractivity contribution in [2.24, 2.45) is 5.92 Å². The second kappa shape index (κ2) is 11.3. The number of rotatable bonds is 10. The van der Waals surface area contributed by atoms with E-state index in [1.54, 1.807) is 49.5 Å². The van der Waals surface area contributed by atoms with E-state index in [4.69, 9.17) is 32.5 Å². The second-order valence-electron chi connectivity index (χ2n) is 10.7. The Morgan fingerprint density at radius 1 is 1.02 bits per heavy atom. The molecule has 2 aliphatic rings. The number of aromatic nitrogens is 2. The first-order chi connectivity index (χ1) is 20.1. The Morgan fingerprint density at radius 2 is 1.71 bits per heavy atom. The van der Waals surface area contributed by atoms with Gasteiger partial charge in [-0.25, -0.2) is 4.98 Å². The predicted octanol–water partition coefficient (Wildman–Crippen LogP) is 8.75. The molecule has 4 aromatic rings. The third-order valence-electron chi connectivity index (χ3n) is 7.47. The van der Waals surface area contributed by atoms with Crippen molar-refractivity contribution in [2.75, 3.05) is 11.9 Å². The maximum atomic E-state index is 14.2. The highest BCUT2D eigenvalue weighted by molar-refractivity contribution is 6.39. The zero-order valence-corrected chi connectivity index (χ0v) is 24.1. The molecule has 2 aromatic heterocycles. The van der Waals surface area contributed by atoms with Gasteiger partial charge in [0.15, 0.2) is 11.5 Å². The largest absolute Gasteiger partial charge is 0.473 e. The van der Waals surface area contributed by atoms with E-state index in [9.17, 15) is 18.0 Å². The van der Waals surface area contributed by atoms with Gasteiger partial charge in [0, 0.05) is 42.6 Å². The summed E-state index contributed by atoms with van der Waals surface area (Å²) in [6.07, 6.45) is -1.08. The van der Waals surface area contributed by atoms with Crippen molar-refractivity contribution in [1.29, 1.82) is 0 Å². The van der Waals surface area contributed by atoms with Gasteiger partial charge in [0.2, 0.25) is 5.88 Å². The van der Waals surface area contributed by atoms with Gasteiger partial charge in [0.05, 0.1) is 21.3 Å². The molecule has 0 atom stereocenters. The van der Waals surface area contributed by atoms with E-state index in [1.165, 1.54) is 17.0 Å². The number of nitrogens with zero attached hydrogens (tertiary/aromatic N) is 3. The number of ether oxygens (including phenoxy) is 1. The fourth-order valence-electron chi connectivity index (χ4n) is 4.94. The SMILES string of the molecule is CN(Cc1ccc(C(=O)C2CC2)cc1)c1ccc(OCc2c(-c3c(Cl)cccc3Cl)noc2C2CC2)nc1C(F)(F)F. The molecule has 2 saturated carbocycles. The summed E-state index contributed by atoms with van der Waals surface area (Å²) in [5.41, 5.74) is 1.67. The van der Waals surface area contributed by atoms with Crippen LogP contribution in [0, 0.1) is 5.92 Å². The smallest absolute Gasteiger partial charge is 0.435 e. The molecule has 2 heterocycles. The van der Waals surface area contributed by atoms with Crippen LogP contribution in [0.25, 0.3) is 11.3 Å². The van der Waals surface area contributed by atoms with E-state index in [-0.39, 0.29) is 42.3 Å². The Balaban J connectivity index is 1.23. The van der Waals surface area contributed by atoms with E-state index in [0.717, 1.165) is 31.2 Å². The van der Waals surface area contributed by atoms with Crippen molar-refractivity contribution in [3.8, 4) is 17.1 Å². The Labute approximate surface area is 250 Å². The molecule has 2 aromatic carbocycles. The third-order valence-corrected chi connectivity index (χ3v) is 8.10. The summed E-state index contributed by atoms with van der Waals surface area (Å²) < 4.78 is 54.0. The van der Waals surface area contributed by atoms with Crippen molar-refractivity contribution < 1.29 is 27.2 Å². The zero-order chi connectivity index (χ0) is 29.6. The van der Waals surface area contributed by atoms with Gasteiger partial charge >= 0.3 is 6.18 Å². The first-order valence-corrected chi connectivity index (χ1v) is 14.3. The van der Waals surface area contributed by atoms with Crippen LogP contribution in [-0.4, -0.2) is 23.0 Å². The number of Topliss-reactive ketones (excluding diaryl/α,β-unsaturated/α-hetero) is 1. The third kappa shape index (κ3) is 5.99. The maximum absolute atomic E-state index is 14.2. The van der Waals surface area contributed by atoms with Crippen LogP contribution in [0.3, 0.4) is 0 Å². The molecule has 0 bridgehead atoms. The van der Waals surface area contributed by atoms with E-state index in [0.29, 0.717) is 38.2 Å². The minimum absolute atomic E-state index is 0.0971. The van der Waals surface area contributed by atoms with Crippen LogP contribution in [0.5, 0.6) is 5.88 Å². The lowest BCUT2D eigenvalue weighted by Crippen LogP contribution is -2.22. The van der Waals surface area contributed by atoms with Gasteiger partial charge < -0.3 is 14.2 Å². The number of hydrogen-bond donors (Lipinski definition) is 0. The van der Waals surface area contributed by atoms with E-state index in [1.807, 2.05) is 0 Å². The molecule has 0 radical (unpaired) electrons. The predicted molar refractivity (Wildman–Crippen MR) is 153 cm³/mol. The molecule has 0 aliphatic heterocycles. The minimum Gasteiger partial charge on any atom is -0.473 e. The van der Waals surface area contributed by atoms with Crippen molar-refractivity contribution >= 4 is 34.7 Å². The van der Waals surface area contributed by atoms with Crippen LogP contribution in [0.1, 0.15) is 64.5 Å². The molecule has 0 spiro atoms. The summed E-state index contributed by atoms with van der Waals surface area (Å²) in [6.45, 7) is 0.0634. The topological polar surface area (TPSA) is 68.5 Å². The molecular formula is C31H26Cl2F3N3O3. The van der Waals surface area contributed by atoms with E-state index < -0.39 is 11.9 Å². The highest BCUT2D eigenvalue weighted by Gasteiger charge is 2.38. The number of pyridine rings is 1. The molecule has 2 aliphatic carbocycles. The molecule has 11 heteroatoms. The first kappa shape index (κ1) is 28.6. The van der Waals surface area contributed by atoms with Crippen LogP contribution in [-0.2, 0) is 19.3 Å². The van der Waals surface area contributed by atoms with Gasteiger partial charge in [-0.15, -0.1) is 0 Å². The van der Waals surface area contributed by atoms with E-state index in [2.05, 4.69) is 10.1 Å². The quantitative estimate of drug-likeness (QED) is 0.166. The number of ketones is 1. The lowest BCUT2D eigenvalue weighted by molar-refractivity contribution is -0.140. The number of alkyl halides is 3. The lowest BCUT2D eigenvalue weighted by atomic mass is 10.0. The number of hydrogen-bond acceptors (Lipinski definition) is 6. The molecule has 0 saturated heterocycles. The molecule has 42 heavy (non-hydrogen) atoms.